The van der Waals surface area contributed by atoms with Crippen LogP contribution in [0.5, 0.6) is 11.5 Å². The van der Waals surface area contributed by atoms with Crippen LogP contribution in [0.1, 0.15) is 47.9 Å². The van der Waals surface area contributed by atoms with E-state index in [1.165, 1.54) is 5.56 Å². The molecule has 3 rings (SSSR count). The van der Waals surface area contributed by atoms with E-state index in [1.54, 1.807) is 0 Å². The van der Waals surface area contributed by atoms with Gasteiger partial charge in [0.2, 0.25) is 0 Å². The number of carbonyl (C=O) groups is 1. The number of carboxylic acids is 1. The number of ether oxygens (including phenoxy) is 1. The lowest BCUT2D eigenvalue weighted by Gasteiger charge is -2.16. The zero-order valence-electron chi connectivity index (χ0n) is 16.6. The van der Waals surface area contributed by atoms with Crippen molar-refractivity contribution in [3.05, 3.63) is 95.1 Å². The molecule has 0 bridgehead atoms. The number of aryl methyl sites for hydroxylation is 1. The molecule has 0 spiro atoms. The summed E-state index contributed by atoms with van der Waals surface area (Å²) in [5.41, 5.74) is 4.11. The topological polar surface area (TPSA) is 46.5 Å². The van der Waals surface area contributed by atoms with Crippen LogP contribution in [-0.2, 0) is 11.2 Å². The van der Waals surface area contributed by atoms with Gasteiger partial charge in [0.25, 0.3) is 0 Å². The van der Waals surface area contributed by atoms with Crippen LogP contribution in [0.3, 0.4) is 0 Å². The number of hydrogen-bond acceptors (Lipinski definition) is 2. The van der Waals surface area contributed by atoms with Crippen LogP contribution in [-0.4, -0.2) is 11.1 Å². The van der Waals surface area contributed by atoms with Crippen LogP contribution in [0.15, 0.2) is 72.8 Å². The monoisotopic (exact) mass is 374 g/mol. The summed E-state index contributed by atoms with van der Waals surface area (Å²) in [4.78, 5) is 11.7. The van der Waals surface area contributed by atoms with Crippen molar-refractivity contribution in [2.75, 3.05) is 0 Å². The van der Waals surface area contributed by atoms with Gasteiger partial charge in [0.15, 0.2) is 0 Å². The molecule has 144 valence electrons. The Labute approximate surface area is 166 Å². The first-order valence-electron chi connectivity index (χ1n) is 9.59. The first-order chi connectivity index (χ1) is 13.4. The van der Waals surface area contributed by atoms with E-state index in [4.69, 9.17) is 4.74 Å². The molecule has 28 heavy (non-hydrogen) atoms. The normalized spacial score (nSPS) is 12.0. The van der Waals surface area contributed by atoms with E-state index in [9.17, 15) is 9.90 Å². The summed E-state index contributed by atoms with van der Waals surface area (Å²) in [6.07, 6.45) is 0.446. The second-order valence-corrected chi connectivity index (χ2v) is 7.45. The lowest BCUT2D eigenvalue weighted by Crippen LogP contribution is -2.14. The number of aliphatic carboxylic acids is 1. The van der Waals surface area contributed by atoms with Gasteiger partial charge in [-0.1, -0.05) is 68.4 Å². The number of benzene rings is 3. The van der Waals surface area contributed by atoms with E-state index in [2.05, 4.69) is 39.0 Å². The first-order valence-corrected chi connectivity index (χ1v) is 9.59. The molecular weight excluding hydrogens is 348 g/mol. The van der Waals surface area contributed by atoms with Gasteiger partial charge < -0.3 is 9.84 Å². The fourth-order valence-corrected chi connectivity index (χ4v) is 3.30. The third kappa shape index (κ3) is 4.80. The summed E-state index contributed by atoms with van der Waals surface area (Å²) in [5, 5.41) is 9.62. The molecular formula is C25H26O3. The van der Waals surface area contributed by atoms with E-state index in [-0.39, 0.29) is 0 Å². The molecule has 3 nitrogen and oxygen atoms in total. The molecule has 0 saturated carbocycles. The first kappa shape index (κ1) is 19.7. The summed E-state index contributed by atoms with van der Waals surface area (Å²) in [7, 11) is 0. The average molecular weight is 374 g/mol. The molecule has 3 aromatic rings. The van der Waals surface area contributed by atoms with Crippen molar-refractivity contribution in [1.82, 2.24) is 0 Å². The van der Waals surface area contributed by atoms with Crippen LogP contribution in [0.2, 0.25) is 0 Å². The van der Waals surface area contributed by atoms with Crippen LogP contribution in [0.4, 0.5) is 0 Å². The maximum absolute atomic E-state index is 11.7. The van der Waals surface area contributed by atoms with Crippen molar-refractivity contribution in [2.24, 2.45) is 0 Å². The second-order valence-electron chi connectivity index (χ2n) is 7.45. The minimum Gasteiger partial charge on any atom is -0.481 e. The van der Waals surface area contributed by atoms with Gasteiger partial charge in [0, 0.05) is 0 Å². The Morgan fingerprint density at radius 1 is 0.964 bits per heavy atom. The Morgan fingerprint density at radius 2 is 1.64 bits per heavy atom. The van der Waals surface area contributed by atoms with Crippen molar-refractivity contribution in [2.45, 2.75) is 39.0 Å². The summed E-state index contributed by atoms with van der Waals surface area (Å²) in [5.74, 6) is 0.625. The third-order valence-electron chi connectivity index (χ3n) is 4.88. The van der Waals surface area contributed by atoms with Crippen LogP contribution >= 0.6 is 0 Å². The van der Waals surface area contributed by atoms with Gasteiger partial charge >= 0.3 is 5.97 Å². The van der Waals surface area contributed by atoms with Crippen LogP contribution in [0.25, 0.3) is 0 Å². The lowest BCUT2D eigenvalue weighted by molar-refractivity contribution is -0.138. The predicted octanol–water partition coefficient (Wildman–Crippen LogP) is 6.32. The minimum absolute atomic E-state index is 0.372. The molecule has 0 amide bonds. The molecule has 3 aromatic carbocycles. The summed E-state index contributed by atoms with van der Waals surface area (Å²) < 4.78 is 6.13. The fraction of sp³-hybridized carbons (Fsp3) is 0.240. The fourth-order valence-electron chi connectivity index (χ4n) is 3.30. The van der Waals surface area contributed by atoms with Gasteiger partial charge in [0.05, 0.1) is 5.92 Å². The van der Waals surface area contributed by atoms with E-state index in [0.29, 0.717) is 12.3 Å². The number of hydrogen-bond donors (Lipinski definition) is 1. The van der Waals surface area contributed by atoms with Crippen LogP contribution in [0, 0.1) is 6.92 Å². The molecule has 1 atom stereocenters. The standard InChI is InChI=1S/C25H26O3/c1-17(2)22-14-9-18(3)15-24(22)28-21-12-10-19(11-13-21)16-23(25(26)27)20-7-5-4-6-8-20/h4-15,17,23H,16H2,1-3H3,(H,26,27). The highest BCUT2D eigenvalue weighted by molar-refractivity contribution is 5.76. The smallest absolute Gasteiger partial charge is 0.311 e. The summed E-state index contributed by atoms with van der Waals surface area (Å²) >= 11 is 0. The molecule has 1 unspecified atom stereocenters. The second kappa shape index (κ2) is 8.75. The Bertz CT molecular complexity index is 928. The van der Waals surface area contributed by atoms with Crippen molar-refractivity contribution >= 4 is 5.97 Å². The quantitative estimate of drug-likeness (QED) is 0.526. The average Bonchev–Trinajstić information content (AvgIpc) is 2.67. The maximum atomic E-state index is 11.7. The Morgan fingerprint density at radius 3 is 2.25 bits per heavy atom. The zero-order valence-corrected chi connectivity index (χ0v) is 16.6. The minimum atomic E-state index is -0.812. The molecule has 0 radical (unpaired) electrons. The van der Waals surface area contributed by atoms with Crippen molar-refractivity contribution < 1.29 is 14.6 Å². The highest BCUT2D eigenvalue weighted by Crippen LogP contribution is 2.32. The molecule has 0 aliphatic heterocycles. The molecule has 0 aliphatic carbocycles. The van der Waals surface area contributed by atoms with E-state index in [1.807, 2.05) is 54.6 Å². The summed E-state index contributed by atoms with van der Waals surface area (Å²) in [6, 6.07) is 23.3. The molecule has 3 heteroatoms. The summed E-state index contributed by atoms with van der Waals surface area (Å²) in [6.45, 7) is 6.35. The van der Waals surface area contributed by atoms with E-state index < -0.39 is 11.9 Å². The lowest BCUT2D eigenvalue weighted by atomic mass is 9.92. The van der Waals surface area contributed by atoms with E-state index >= 15 is 0 Å². The van der Waals surface area contributed by atoms with Crippen molar-refractivity contribution in [1.29, 1.82) is 0 Å². The molecule has 0 fully saturated rings. The Hall–Kier alpha value is -3.07. The van der Waals surface area contributed by atoms with Gasteiger partial charge in [-0.25, -0.2) is 0 Å². The van der Waals surface area contributed by atoms with E-state index in [0.717, 1.165) is 28.2 Å². The predicted molar refractivity (Wildman–Crippen MR) is 112 cm³/mol. The van der Waals surface area contributed by atoms with Gasteiger partial charge in [-0.3, -0.25) is 4.79 Å². The largest absolute Gasteiger partial charge is 0.481 e. The number of carboxylic acid groups (broad SMARTS) is 1. The molecule has 0 heterocycles. The highest BCUT2D eigenvalue weighted by Gasteiger charge is 2.20. The Kier molecular flexibility index (Phi) is 6.15. The molecule has 1 N–H and O–H groups in total. The van der Waals surface area contributed by atoms with Crippen LogP contribution < -0.4 is 4.74 Å². The van der Waals surface area contributed by atoms with Gasteiger partial charge in [-0.15, -0.1) is 0 Å². The molecule has 0 aliphatic rings. The molecule has 0 saturated heterocycles. The third-order valence-corrected chi connectivity index (χ3v) is 4.88. The van der Waals surface area contributed by atoms with Gasteiger partial charge in [-0.2, -0.15) is 0 Å². The van der Waals surface area contributed by atoms with Crippen molar-refractivity contribution in [3.8, 4) is 11.5 Å². The Balaban J connectivity index is 1.77. The van der Waals surface area contributed by atoms with Crippen molar-refractivity contribution in [3.63, 3.8) is 0 Å². The van der Waals surface area contributed by atoms with Gasteiger partial charge in [-0.05, 0) is 59.7 Å². The SMILES string of the molecule is Cc1ccc(C(C)C)c(Oc2ccc(CC(C(=O)O)c3ccccc3)cc2)c1. The zero-order chi connectivity index (χ0) is 20.1. The maximum Gasteiger partial charge on any atom is 0.311 e. The molecule has 0 aromatic heterocycles. The number of rotatable bonds is 7. The highest BCUT2D eigenvalue weighted by atomic mass is 16.5. The van der Waals surface area contributed by atoms with Gasteiger partial charge in [0.1, 0.15) is 11.5 Å².